The van der Waals surface area contributed by atoms with Crippen LogP contribution < -0.4 is 16.1 Å². The zero-order valence-corrected chi connectivity index (χ0v) is 23.7. The molecule has 2 fully saturated rings. The molecule has 222 valence electrons. The zero-order chi connectivity index (χ0) is 28.9. The summed E-state index contributed by atoms with van der Waals surface area (Å²) in [6.45, 7) is 6.86. The molecule has 2 saturated heterocycles. The number of hydroxylamine groups is 1. The van der Waals surface area contributed by atoms with E-state index < -0.39 is 41.7 Å². The second-order valence-corrected chi connectivity index (χ2v) is 11.0. The number of nitrogens with one attached hydrogen (secondary N) is 3. The van der Waals surface area contributed by atoms with Crippen molar-refractivity contribution in [3.05, 3.63) is 0 Å². The third kappa shape index (κ3) is 10.6. The number of carbonyl (C=O) groups excluding carboxylic acids is 5. The predicted octanol–water partition coefficient (Wildman–Crippen LogP) is 0.178. The lowest BCUT2D eigenvalue weighted by Gasteiger charge is -2.32. The molecule has 0 saturated carbocycles. The summed E-state index contributed by atoms with van der Waals surface area (Å²) in [5.74, 6) is -3.48. The maximum Gasteiger partial charge on any atom is 0.409 e. The molecule has 0 aromatic heterocycles. The minimum absolute atomic E-state index is 0.0526. The minimum Gasteiger partial charge on any atom is -0.449 e. The lowest BCUT2D eigenvalue weighted by atomic mass is 9.81. The third-order valence-corrected chi connectivity index (χ3v) is 7.33. The number of amides is 5. The number of cyclic esters (lactones) is 1. The Morgan fingerprint density at radius 2 is 1.69 bits per heavy atom. The Morgan fingerprint density at radius 1 is 1.00 bits per heavy atom. The largest absolute Gasteiger partial charge is 0.449 e. The van der Waals surface area contributed by atoms with Crippen molar-refractivity contribution >= 4 is 29.7 Å². The van der Waals surface area contributed by atoms with E-state index >= 15 is 0 Å². The van der Waals surface area contributed by atoms with Gasteiger partial charge < -0.3 is 30.1 Å². The van der Waals surface area contributed by atoms with Crippen LogP contribution >= 0.6 is 0 Å². The summed E-state index contributed by atoms with van der Waals surface area (Å²) < 4.78 is 5.29. The first-order valence-electron chi connectivity index (χ1n) is 13.9. The molecule has 13 nitrogen and oxygen atoms in total. The van der Waals surface area contributed by atoms with Gasteiger partial charge in [0.1, 0.15) is 6.04 Å². The molecule has 4 N–H and O–H groups in total. The molecule has 2 aliphatic heterocycles. The number of rotatable bonds is 6. The fourth-order valence-corrected chi connectivity index (χ4v) is 4.92. The fraction of sp³-hybridized carbons (Fsp3) is 0.808. The molecule has 13 heteroatoms. The van der Waals surface area contributed by atoms with Gasteiger partial charge in [-0.25, -0.2) is 10.3 Å². The highest BCUT2D eigenvalue weighted by atomic mass is 16.6. The smallest absolute Gasteiger partial charge is 0.409 e. The van der Waals surface area contributed by atoms with E-state index in [9.17, 15) is 29.2 Å². The van der Waals surface area contributed by atoms with Gasteiger partial charge in [-0.05, 0) is 51.5 Å². The highest BCUT2D eigenvalue weighted by molar-refractivity contribution is 5.92. The Bertz CT molecular complexity index is 847. The van der Waals surface area contributed by atoms with Gasteiger partial charge in [0.15, 0.2) is 0 Å². The topological polar surface area (TPSA) is 161 Å². The van der Waals surface area contributed by atoms with E-state index in [4.69, 9.17) is 4.74 Å². The molecule has 0 radical (unpaired) electrons. The van der Waals surface area contributed by atoms with Crippen molar-refractivity contribution in [2.75, 3.05) is 60.0 Å². The molecule has 5 amide bonds. The van der Waals surface area contributed by atoms with Gasteiger partial charge >= 0.3 is 6.09 Å². The average Bonchev–Trinajstić information content (AvgIpc) is 2.91. The van der Waals surface area contributed by atoms with Crippen molar-refractivity contribution < 1.29 is 33.9 Å². The molecule has 2 aliphatic rings. The predicted molar refractivity (Wildman–Crippen MR) is 142 cm³/mol. The van der Waals surface area contributed by atoms with Gasteiger partial charge in [-0.2, -0.15) is 0 Å². The van der Waals surface area contributed by atoms with Gasteiger partial charge in [0, 0.05) is 45.7 Å². The Balaban J connectivity index is 2.19. The van der Waals surface area contributed by atoms with E-state index in [0.717, 1.165) is 13.1 Å². The van der Waals surface area contributed by atoms with Crippen molar-refractivity contribution in [3.8, 4) is 0 Å². The normalized spacial score (nSPS) is 24.7. The highest BCUT2D eigenvalue weighted by Gasteiger charge is 2.36. The minimum atomic E-state index is -0.923. The number of carbonyl (C=O) groups is 5. The number of nitrogens with zero attached hydrogens (tertiary/aromatic N) is 3. The van der Waals surface area contributed by atoms with Crippen LogP contribution in [0.2, 0.25) is 0 Å². The first-order valence-corrected chi connectivity index (χ1v) is 13.9. The highest BCUT2D eigenvalue weighted by Crippen LogP contribution is 2.26. The Labute approximate surface area is 230 Å². The summed E-state index contributed by atoms with van der Waals surface area (Å²) in [7, 11) is 3.61. The van der Waals surface area contributed by atoms with Gasteiger partial charge in [0.25, 0.3) is 0 Å². The number of hydrogen-bond donors (Lipinski definition) is 4. The van der Waals surface area contributed by atoms with E-state index in [1.54, 1.807) is 17.4 Å². The molecule has 2 unspecified atom stereocenters. The van der Waals surface area contributed by atoms with E-state index in [-0.39, 0.29) is 37.8 Å². The van der Waals surface area contributed by atoms with Crippen LogP contribution in [0.1, 0.15) is 52.4 Å². The lowest BCUT2D eigenvalue weighted by Crippen LogP contribution is -2.53. The standard InChI is InChI=1S/C26H46N6O7/c1-18(2)16-20-19(24(35)29-38)8-7-15-39-26(37)31(4)10-6-5-9-21(28-23(20)34)25(36)27-17-22(33)32-13-11-30(3)12-14-32/h18-21,38H,5-17H2,1-4H3,(H,27,36)(H,28,34)(H,29,35)/t19-,20?,21?/m0/s1. The van der Waals surface area contributed by atoms with E-state index in [1.165, 1.54) is 4.90 Å². The lowest BCUT2D eigenvalue weighted by molar-refractivity contribution is -0.142. The third-order valence-electron chi connectivity index (χ3n) is 7.33. The van der Waals surface area contributed by atoms with E-state index in [2.05, 4.69) is 15.5 Å². The summed E-state index contributed by atoms with van der Waals surface area (Å²) in [5.41, 5.74) is 1.66. The molecule has 39 heavy (non-hydrogen) atoms. The van der Waals surface area contributed by atoms with Crippen LogP contribution in [-0.2, 0) is 23.9 Å². The van der Waals surface area contributed by atoms with E-state index in [1.807, 2.05) is 20.9 Å². The van der Waals surface area contributed by atoms with Crippen molar-refractivity contribution in [2.45, 2.75) is 58.4 Å². The number of hydrogen-bond acceptors (Lipinski definition) is 8. The van der Waals surface area contributed by atoms with Crippen LogP contribution in [0.25, 0.3) is 0 Å². The van der Waals surface area contributed by atoms with Gasteiger partial charge in [-0.15, -0.1) is 0 Å². The second-order valence-electron chi connectivity index (χ2n) is 11.0. The van der Waals surface area contributed by atoms with E-state index in [0.29, 0.717) is 45.3 Å². The second kappa shape index (κ2) is 16.2. The van der Waals surface area contributed by atoms with Crippen LogP contribution in [0.15, 0.2) is 0 Å². The molecule has 0 bridgehead atoms. The van der Waals surface area contributed by atoms with Crippen molar-refractivity contribution in [1.82, 2.24) is 30.8 Å². The van der Waals surface area contributed by atoms with Crippen LogP contribution in [0.5, 0.6) is 0 Å². The monoisotopic (exact) mass is 554 g/mol. The quantitative estimate of drug-likeness (QED) is 0.267. The van der Waals surface area contributed by atoms with Crippen LogP contribution in [0.3, 0.4) is 0 Å². The molecule has 3 atom stereocenters. The number of piperazine rings is 1. The first-order chi connectivity index (χ1) is 18.5. The van der Waals surface area contributed by atoms with Gasteiger partial charge in [0.05, 0.1) is 19.1 Å². The zero-order valence-electron chi connectivity index (χ0n) is 23.7. The average molecular weight is 555 g/mol. The van der Waals surface area contributed by atoms with Crippen molar-refractivity contribution in [1.29, 1.82) is 0 Å². The molecular weight excluding hydrogens is 508 g/mol. The summed E-state index contributed by atoms with van der Waals surface area (Å²) in [4.78, 5) is 69.5. The molecule has 0 aliphatic carbocycles. The number of ether oxygens (including phenoxy) is 1. The Kier molecular flexibility index (Phi) is 13.4. The molecule has 2 rings (SSSR count). The maximum absolute atomic E-state index is 13.5. The van der Waals surface area contributed by atoms with Crippen molar-refractivity contribution in [3.63, 3.8) is 0 Å². The SMILES string of the molecule is CC(C)CC1C(=O)NC(C(=O)NCC(=O)N2CCN(C)CC2)CCCCN(C)C(=O)OCCC[C@@H]1C(=O)NO. The summed E-state index contributed by atoms with van der Waals surface area (Å²) >= 11 is 0. The molecule has 0 aromatic rings. The molecular formula is C26H46N6O7. The Hall–Kier alpha value is -2.93. The van der Waals surface area contributed by atoms with Crippen LogP contribution in [0, 0.1) is 17.8 Å². The molecule has 0 aromatic carbocycles. The Morgan fingerprint density at radius 3 is 2.33 bits per heavy atom. The molecule has 0 spiro atoms. The van der Waals surface area contributed by atoms with Crippen LogP contribution in [-0.4, -0.2) is 116 Å². The summed E-state index contributed by atoms with van der Waals surface area (Å²) in [6, 6.07) is -0.923. The van der Waals surface area contributed by atoms with Gasteiger partial charge in [-0.1, -0.05) is 13.8 Å². The number of likely N-dealkylation sites (N-methyl/N-ethyl adjacent to an activating group) is 1. The molecule has 2 heterocycles. The van der Waals surface area contributed by atoms with Gasteiger partial charge in [-0.3, -0.25) is 24.4 Å². The fourth-order valence-electron chi connectivity index (χ4n) is 4.92. The first kappa shape index (κ1) is 32.3. The van der Waals surface area contributed by atoms with Gasteiger partial charge in [0.2, 0.25) is 23.6 Å². The van der Waals surface area contributed by atoms with Crippen molar-refractivity contribution in [2.24, 2.45) is 17.8 Å². The maximum atomic E-state index is 13.5. The summed E-state index contributed by atoms with van der Waals surface area (Å²) in [5, 5.41) is 14.9. The van der Waals surface area contributed by atoms with Crippen LogP contribution in [0.4, 0.5) is 4.79 Å². The summed E-state index contributed by atoms with van der Waals surface area (Å²) in [6.07, 6.45) is 1.77.